The topological polar surface area (TPSA) is 78.9 Å². The summed E-state index contributed by atoms with van der Waals surface area (Å²) in [6.45, 7) is 11.4. The van der Waals surface area contributed by atoms with Gasteiger partial charge < -0.3 is 14.2 Å². The van der Waals surface area contributed by atoms with E-state index in [-0.39, 0.29) is 31.1 Å². The van der Waals surface area contributed by atoms with Gasteiger partial charge in [-0.15, -0.1) is 0 Å². The number of hydrogen-bond donors (Lipinski definition) is 0. The van der Waals surface area contributed by atoms with Crippen molar-refractivity contribution in [1.29, 1.82) is 0 Å². The minimum Gasteiger partial charge on any atom is -0.462 e. The first kappa shape index (κ1) is 61.4. The molecule has 6 nitrogen and oxygen atoms in total. The maximum Gasteiger partial charge on any atom is 0.306 e. The second-order valence-electron chi connectivity index (χ2n) is 20.5. The minimum absolute atomic E-state index is 0.0630. The lowest BCUT2D eigenvalue weighted by molar-refractivity contribution is -0.167. The Morgan fingerprint density at radius 1 is 0.302 bits per heavy atom. The molecule has 374 valence electrons. The lowest BCUT2D eigenvalue weighted by atomic mass is 10.0. The van der Waals surface area contributed by atoms with Crippen molar-refractivity contribution in [1.82, 2.24) is 0 Å². The van der Waals surface area contributed by atoms with Crippen LogP contribution in [-0.2, 0) is 28.6 Å². The van der Waals surface area contributed by atoms with E-state index >= 15 is 0 Å². The molecule has 0 aromatic rings. The maximum absolute atomic E-state index is 12.8. The molecular weight excluding hydrogens is 781 g/mol. The Hall–Kier alpha value is -1.59. The number of esters is 3. The average Bonchev–Trinajstić information content (AvgIpc) is 3.25. The van der Waals surface area contributed by atoms with Crippen molar-refractivity contribution in [2.75, 3.05) is 13.2 Å². The molecule has 0 spiro atoms. The maximum atomic E-state index is 12.8. The van der Waals surface area contributed by atoms with E-state index in [1.807, 2.05) is 0 Å². The summed E-state index contributed by atoms with van der Waals surface area (Å²) < 4.78 is 16.8. The van der Waals surface area contributed by atoms with Gasteiger partial charge in [-0.05, 0) is 31.1 Å². The average molecular weight is 892 g/mol. The molecule has 0 saturated carbocycles. The first-order chi connectivity index (χ1) is 30.7. The van der Waals surface area contributed by atoms with E-state index in [9.17, 15) is 14.4 Å². The summed E-state index contributed by atoms with van der Waals surface area (Å²) in [5.74, 6) is 0.847. The number of carbonyl (C=O) groups excluding carboxylic acids is 3. The molecule has 0 amide bonds. The Labute approximate surface area is 393 Å². The lowest BCUT2D eigenvalue weighted by Crippen LogP contribution is -2.30. The lowest BCUT2D eigenvalue weighted by Gasteiger charge is -2.18. The summed E-state index contributed by atoms with van der Waals surface area (Å²) in [5.41, 5.74) is 0. The normalized spacial score (nSPS) is 12.0. The highest BCUT2D eigenvalue weighted by atomic mass is 16.6. The molecule has 0 rings (SSSR count). The summed E-state index contributed by atoms with van der Waals surface area (Å²) in [4.78, 5) is 38.0. The van der Waals surface area contributed by atoms with Gasteiger partial charge in [0.05, 0.1) is 0 Å². The summed E-state index contributed by atoms with van der Waals surface area (Å²) in [7, 11) is 0. The third-order valence-corrected chi connectivity index (χ3v) is 13.0. The summed E-state index contributed by atoms with van der Waals surface area (Å²) in [6, 6.07) is 0. The van der Waals surface area contributed by atoms with Crippen LogP contribution in [0.15, 0.2) is 0 Å². The second kappa shape index (κ2) is 49.8. The van der Waals surface area contributed by atoms with Crippen molar-refractivity contribution in [3.05, 3.63) is 0 Å². The Bertz CT molecular complexity index is 962. The summed E-state index contributed by atoms with van der Waals surface area (Å²) in [6.07, 6.45) is 52.4. The zero-order valence-corrected chi connectivity index (χ0v) is 43.2. The monoisotopic (exact) mass is 891 g/mol. The smallest absolute Gasteiger partial charge is 0.306 e. The van der Waals surface area contributed by atoms with Crippen LogP contribution in [0, 0.1) is 11.8 Å². The Kier molecular flexibility index (Phi) is 48.6. The van der Waals surface area contributed by atoms with Crippen LogP contribution in [0.5, 0.6) is 0 Å². The van der Waals surface area contributed by atoms with Crippen molar-refractivity contribution in [3.63, 3.8) is 0 Å². The molecule has 0 bridgehead atoms. The van der Waals surface area contributed by atoms with E-state index in [0.29, 0.717) is 19.3 Å². The molecule has 0 radical (unpaired) electrons. The van der Waals surface area contributed by atoms with E-state index in [4.69, 9.17) is 14.2 Å². The number of ether oxygens (including phenoxy) is 3. The number of rotatable bonds is 51. The van der Waals surface area contributed by atoms with Gasteiger partial charge in [0, 0.05) is 19.3 Å². The fraction of sp³-hybridized carbons (Fsp3) is 0.947. The van der Waals surface area contributed by atoms with Gasteiger partial charge in [0.2, 0.25) is 0 Å². The van der Waals surface area contributed by atoms with Crippen molar-refractivity contribution in [2.24, 2.45) is 11.8 Å². The highest BCUT2D eigenvalue weighted by molar-refractivity contribution is 5.71. The van der Waals surface area contributed by atoms with E-state index in [0.717, 1.165) is 69.6 Å². The van der Waals surface area contributed by atoms with Crippen molar-refractivity contribution >= 4 is 17.9 Å². The highest BCUT2D eigenvalue weighted by Crippen LogP contribution is 2.18. The van der Waals surface area contributed by atoms with Gasteiger partial charge in [-0.1, -0.05) is 279 Å². The van der Waals surface area contributed by atoms with E-state index in [1.54, 1.807) is 0 Å². The van der Waals surface area contributed by atoms with Gasteiger partial charge in [0.1, 0.15) is 13.2 Å². The molecule has 0 saturated heterocycles. The zero-order chi connectivity index (χ0) is 46.1. The van der Waals surface area contributed by atoms with Gasteiger partial charge in [0.15, 0.2) is 6.10 Å². The Morgan fingerprint density at radius 3 is 0.778 bits per heavy atom. The molecule has 0 aliphatic carbocycles. The molecule has 0 N–H and O–H groups in total. The molecule has 0 unspecified atom stereocenters. The molecule has 0 aromatic carbocycles. The third kappa shape index (κ3) is 51.3. The second-order valence-corrected chi connectivity index (χ2v) is 20.5. The van der Waals surface area contributed by atoms with Gasteiger partial charge in [-0.25, -0.2) is 0 Å². The standard InChI is InChI=1S/C57H110O6/c1-6-7-8-9-10-25-32-37-42-47-55(58)61-50-54(63-57(60)49-44-39-34-29-24-20-19-22-27-31-36-41-46-53(4)5)51-62-56(59)48-43-38-33-28-23-18-16-14-12-11-13-15-17-21-26-30-35-40-45-52(2)3/h52-54H,6-51H2,1-5H3/t54-/m0/s1. The third-order valence-electron chi connectivity index (χ3n) is 13.0. The van der Waals surface area contributed by atoms with Crippen LogP contribution < -0.4 is 0 Å². The van der Waals surface area contributed by atoms with Crippen LogP contribution in [0.2, 0.25) is 0 Å². The van der Waals surface area contributed by atoms with Crippen molar-refractivity contribution < 1.29 is 28.6 Å². The molecule has 0 heterocycles. The molecule has 63 heavy (non-hydrogen) atoms. The predicted molar refractivity (Wildman–Crippen MR) is 270 cm³/mol. The zero-order valence-electron chi connectivity index (χ0n) is 43.2. The molecule has 0 aromatic heterocycles. The first-order valence-corrected chi connectivity index (χ1v) is 28.2. The quantitative estimate of drug-likeness (QED) is 0.0344. The SMILES string of the molecule is CCCCCCCCCCCC(=O)OC[C@@H](COC(=O)CCCCCCCCCCCCCCCCCCCCC(C)C)OC(=O)CCCCCCCCCCCCCCC(C)C. The van der Waals surface area contributed by atoms with Crippen LogP contribution in [0.25, 0.3) is 0 Å². The van der Waals surface area contributed by atoms with Crippen LogP contribution in [-0.4, -0.2) is 37.2 Å². The van der Waals surface area contributed by atoms with Gasteiger partial charge in [-0.2, -0.15) is 0 Å². The Balaban J connectivity index is 4.18. The largest absolute Gasteiger partial charge is 0.462 e. The molecular formula is C57H110O6. The van der Waals surface area contributed by atoms with E-state index in [1.165, 1.54) is 205 Å². The molecule has 0 aliphatic rings. The Morgan fingerprint density at radius 2 is 0.524 bits per heavy atom. The van der Waals surface area contributed by atoms with E-state index in [2.05, 4.69) is 34.6 Å². The molecule has 0 aliphatic heterocycles. The van der Waals surface area contributed by atoms with Crippen LogP contribution in [0.4, 0.5) is 0 Å². The summed E-state index contributed by atoms with van der Waals surface area (Å²) >= 11 is 0. The van der Waals surface area contributed by atoms with Crippen LogP contribution in [0.3, 0.4) is 0 Å². The van der Waals surface area contributed by atoms with Crippen LogP contribution in [0.1, 0.15) is 317 Å². The molecule has 0 fully saturated rings. The molecule has 1 atom stereocenters. The fourth-order valence-corrected chi connectivity index (χ4v) is 8.70. The molecule has 6 heteroatoms. The number of carbonyl (C=O) groups is 3. The van der Waals surface area contributed by atoms with Gasteiger partial charge in [-0.3, -0.25) is 14.4 Å². The first-order valence-electron chi connectivity index (χ1n) is 28.2. The van der Waals surface area contributed by atoms with Crippen molar-refractivity contribution in [2.45, 2.75) is 323 Å². The predicted octanol–water partition coefficient (Wildman–Crippen LogP) is 18.5. The number of unbranched alkanes of at least 4 members (excludes halogenated alkanes) is 36. The van der Waals surface area contributed by atoms with Gasteiger partial charge in [0.25, 0.3) is 0 Å². The van der Waals surface area contributed by atoms with Gasteiger partial charge >= 0.3 is 17.9 Å². The van der Waals surface area contributed by atoms with Crippen LogP contribution >= 0.6 is 0 Å². The summed E-state index contributed by atoms with van der Waals surface area (Å²) in [5, 5.41) is 0. The van der Waals surface area contributed by atoms with Crippen molar-refractivity contribution in [3.8, 4) is 0 Å². The van der Waals surface area contributed by atoms with E-state index < -0.39 is 6.10 Å². The minimum atomic E-state index is -0.761. The highest BCUT2D eigenvalue weighted by Gasteiger charge is 2.19. The fourth-order valence-electron chi connectivity index (χ4n) is 8.70. The number of hydrogen-bond acceptors (Lipinski definition) is 6.